The van der Waals surface area contributed by atoms with E-state index in [9.17, 15) is 0 Å². The van der Waals surface area contributed by atoms with Crippen LogP contribution in [-0.4, -0.2) is 19.0 Å². The molecule has 0 aliphatic rings. The summed E-state index contributed by atoms with van der Waals surface area (Å²) in [6.07, 6.45) is 9.53. The van der Waals surface area contributed by atoms with Crippen LogP contribution in [0.15, 0.2) is 77.3 Å². The standard InChI is InChI=1S/C25H35BN2/c1-4-7-20-27-25(26(18-5-2)19-6-3)21-24(22-14-10-8-11-15-22)28-23-16-12-9-13-17-23/h8-17,21,27H,4-7,18-20H2,1-3H3/b25-21+,28-24?. The van der Waals surface area contributed by atoms with E-state index < -0.39 is 0 Å². The summed E-state index contributed by atoms with van der Waals surface area (Å²) in [5.41, 5.74) is 4.53. The fourth-order valence-corrected chi connectivity index (χ4v) is 3.45. The van der Waals surface area contributed by atoms with Crippen molar-refractivity contribution >= 4 is 18.1 Å². The highest BCUT2D eigenvalue weighted by Gasteiger charge is 2.18. The smallest absolute Gasteiger partial charge is 0.196 e. The van der Waals surface area contributed by atoms with E-state index in [1.807, 2.05) is 18.2 Å². The van der Waals surface area contributed by atoms with Gasteiger partial charge in [-0.3, -0.25) is 0 Å². The average Bonchev–Trinajstić information content (AvgIpc) is 2.74. The molecule has 148 valence electrons. The van der Waals surface area contributed by atoms with Gasteiger partial charge < -0.3 is 5.32 Å². The van der Waals surface area contributed by atoms with E-state index in [2.05, 4.69) is 74.6 Å². The number of hydrogen-bond donors (Lipinski definition) is 1. The fourth-order valence-electron chi connectivity index (χ4n) is 3.45. The van der Waals surface area contributed by atoms with Crippen molar-refractivity contribution < 1.29 is 0 Å². The zero-order chi connectivity index (χ0) is 20.0. The molecule has 0 saturated heterocycles. The molecule has 0 atom stereocenters. The maximum Gasteiger partial charge on any atom is 0.196 e. The number of aliphatic imine (C=N–C) groups is 1. The second-order valence-electron chi connectivity index (χ2n) is 7.35. The van der Waals surface area contributed by atoms with Gasteiger partial charge >= 0.3 is 0 Å². The zero-order valence-electron chi connectivity index (χ0n) is 17.8. The van der Waals surface area contributed by atoms with Crippen molar-refractivity contribution in [3.63, 3.8) is 0 Å². The van der Waals surface area contributed by atoms with Crippen LogP contribution in [0, 0.1) is 0 Å². The Kier molecular flexibility index (Phi) is 10.2. The van der Waals surface area contributed by atoms with Crippen LogP contribution in [0.25, 0.3) is 0 Å². The Labute approximate surface area is 172 Å². The van der Waals surface area contributed by atoms with Crippen LogP contribution in [-0.2, 0) is 0 Å². The molecule has 2 aromatic rings. The molecule has 0 aliphatic heterocycles. The summed E-state index contributed by atoms with van der Waals surface area (Å²) in [5.74, 6) is 0. The molecule has 0 bridgehead atoms. The topological polar surface area (TPSA) is 24.4 Å². The number of rotatable bonds is 12. The number of nitrogens with zero attached hydrogens (tertiary/aromatic N) is 1. The summed E-state index contributed by atoms with van der Waals surface area (Å²) < 4.78 is 0. The molecule has 28 heavy (non-hydrogen) atoms. The second kappa shape index (κ2) is 13.0. The molecule has 2 aromatic carbocycles. The summed E-state index contributed by atoms with van der Waals surface area (Å²) in [6, 6.07) is 20.8. The number of benzene rings is 2. The highest BCUT2D eigenvalue weighted by molar-refractivity contribution is 6.67. The third-order valence-corrected chi connectivity index (χ3v) is 4.94. The minimum absolute atomic E-state index is 0.566. The lowest BCUT2D eigenvalue weighted by Gasteiger charge is -2.19. The van der Waals surface area contributed by atoms with Gasteiger partial charge in [0.05, 0.1) is 11.4 Å². The van der Waals surface area contributed by atoms with Crippen LogP contribution in [0.1, 0.15) is 52.0 Å². The van der Waals surface area contributed by atoms with Gasteiger partial charge in [-0.2, -0.15) is 0 Å². The van der Waals surface area contributed by atoms with Crippen LogP contribution in [0.5, 0.6) is 0 Å². The zero-order valence-corrected chi connectivity index (χ0v) is 17.8. The van der Waals surface area contributed by atoms with Crippen molar-refractivity contribution in [2.24, 2.45) is 4.99 Å². The van der Waals surface area contributed by atoms with Crippen molar-refractivity contribution in [3.05, 3.63) is 77.9 Å². The highest BCUT2D eigenvalue weighted by Crippen LogP contribution is 2.18. The monoisotopic (exact) mass is 374 g/mol. The van der Waals surface area contributed by atoms with E-state index in [-0.39, 0.29) is 0 Å². The number of unbranched alkanes of at least 4 members (excludes halogenated alkanes) is 1. The van der Waals surface area contributed by atoms with E-state index in [0.717, 1.165) is 23.5 Å². The maximum absolute atomic E-state index is 5.00. The molecule has 0 spiro atoms. The molecular weight excluding hydrogens is 339 g/mol. The first-order chi connectivity index (χ1) is 13.8. The quantitative estimate of drug-likeness (QED) is 0.243. The summed E-state index contributed by atoms with van der Waals surface area (Å²) in [4.78, 5) is 5.00. The number of nitrogens with one attached hydrogen (secondary N) is 1. The summed E-state index contributed by atoms with van der Waals surface area (Å²) in [7, 11) is 0. The van der Waals surface area contributed by atoms with Crippen molar-refractivity contribution in [2.45, 2.75) is 59.1 Å². The molecular formula is C25H35BN2. The minimum atomic E-state index is 0.566. The Morgan fingerprint density at radius 1 is 0.857 bits per heavy atom. The number of allylic oxidation sites excluding steroid dienone is 1. The molecule has 2 rings (SSSR count). The van der Waals surface area contributed by atoms with E-state index in [1.54, 1.807) is 0 Å². The van der Waals surface area contributed by atoms with Gasteiger partial charge in [0.2, 0.25) is 0 Å². The minimum Gasteiger partial charge on any atom is -0.396 e. The summed E-state index contributed by atoms with van der Waals surface area (Å²) in [5, 5.41) is 3.76. The van der Waals surface area contributed by atoms with Crippen LogP contribution < -0.4 is 5.32 Å². The molecule has 0 aliphatic carbocycles. The van der Waals surface area contributed by atoms with Gasteiger partial charge in [0.25, 0.3) is 0 Å². The van der Waals surface area contributed by atoms with E-state index in [4.69, 9.17) is 4.99 Å². The first-order valence-electron chi connectivity index (χ1n) is 10.9. The van der Waals surface area contributed by atoms with Crippen LogP contribution in [0.3, 0.4) is 0 Å². The van der Waals surface area contributed by atoms with Gasteiger partial charge in [0, 0.05) is 12.1 Å². The van der Waals surface area contributed by atoms with E-state index >= 15 is 0 Å². The first kappa shape index (κ1) is 22.0. The van der Waals surface area contributed by atoms with Crippen molar-refractivity contribution in [3.8, 4) is 0 Å². The molecule has 0 fully saturated rings. The molecule has 2 nitrogen and oxygen atoms in total. The van der Waals surface area contributed by atoms with E-state index in [0.29, 0.717) is 6.71 Å². The Morgan fingerprint density at radius 2 is 1.46 bits per heavy atom. The van der Waals surface area contributed by atoms with Crippen LogP contribution in [0.4, 0.5) is 5.69 Å². The predicted molar refractivity (Wildman–Crippen MR) is 126 cm³/mol. The predicted octanol–water partition coefficient (Wildman–Crippen LogP) is 6.94. The van der Waals surface area contributed by atoms with Gasteiger partial charge in [0.1, 0.15) is 0 Å². The lowest BCUT2D eigenvalue weighted by atomic mass is 9.41. The van der Waals surface area contributed by atoms with Gasteiger partial charge in [0.15, 0.2) is 6.71 Å². The largest absolute Gasteiger partial charge is 0.396 e. The normalized spacial score (nSPS) is 12.1. The van der Waals surface area contributed by atoms with Gasteiger partial charge in [-0.1, -0.05) is 101 Å². The average molecular weight is 374 g/mol. The molecule has 0 amide bonds. The van der Waals surface area contributed by atoms with Crippen molar-refractivity contribution in [2.75, 3.05) is 6.54 Å². The molecule has 3 heteroatoms. The first-order valence-corrected chi connectivity index (χ1v) is 10.9. The number of para-hydroxylation sites is 1. The van der Waals surface area contributed by atoms with Crippen molar-refractivity contribution in [1.82, 2.24) is 5.32 Å². The van der Waals surface area contributed by atoms with Crippen molar-refractivity contribution in [1.29, 1.82) is 0 Å². The van der Waals surface area contributed by atoms with Gasteiger partial charge in [-0.05, 0) is 30.2 Å². The van der Waals surface area contributed by atoms with Crippen LogP contribution in [0.2, 0.25) is 12.6 Å². The highest BCUT2D eigenvalue weighted by atomic mass is 14.9. The van der Waals surface area contributed by atoms with Gasteiger partial charge in [-0.15, -0.1) is 0 Å². The summed E-state index contributed by atoms with van der Waals surface area (Å²) >= 11 is 0. The molecule has 0 radical (unpaired) electrons. The second-order valence-corrected chi connectivity index (χ2v) is 7.35. The fraction of sp³-hybridized carbons (Fsp3) is 0.400. The molecule has 0 unspecified atom stereocenters. The Balaban J connectivity index is 2.45. The lowest BCUT2D eigenvalue weighted by molar-refractivity contribution is 0.724. The molecule has 0 aromatic heterocycles. The van der Waals surface area contributed by atoms with E-state index in [1.165, 1.54) is 43.9 Å². The third kappa shape index (κ3) is 7.38. The molecule has 0 saturated carbocycles. The van der Waals surface area contributed by atoms with Gasteiger partial charge in [-0.25, -0.2) is 4.99 Å². The Morgan fingerprint density at radius 3 is 2.04 bits per heavy atom. The third-order valence-electron chi connectivity index (χ3n) is 4.94. The lowest BCUT2D eigenvalue weighted by Crippen LogP contribution is -2.29. The SMILES string of the molecule is CCCCN/C(=C/C(=Nc1ccccc1)c1ccccc1)B(CCC)CCC. The Hall–Kier alpha value is -2.29. The Bertz CT molecular complexity index is 717. The van der Waals surface area contributed by atoms with Crippen LogP contribution >= 0.6 is 0 Å². The molecule has 1 N–H and O–H groups in total. The summed E-state index contributed by atoms with van der Waals surface area (Å²) in [6.45, 7) is 8.40. The molecule has 0 heterocycles. The maximum atomic E-state index is 5.00. The number of hydrogen-bond acceptors (Lipinski definition) is 2.